The van der Waals surface area contributed by atoms with Crippen molar-refractivity contribution in [1.29, 1.82) is 0 Å². The molecular weight excluding hydrogens is 238 g/mol. The Hall–Kier alpha value is -1.68. The average Bonchev–Trinajstić information content (AvgIpc) is 2.49. The Morgan fingerprint density at radius 3 is 2.63 bits per heavy atom. The van der Waals surface area contributed by atoms with Crippen molar-refractivity contribution < 1.29 is 5.11 Å². The van der Waals surface area contributed by atoms with Crippen LogP contribution in [-0.2, 0) is 0 Å². The van der Waals surface area contributed by atoms with Crippen molar-refractivity contribution in [3.05, 3.63) is 30.5 Å². The molecule has 2 aromatic rings. The number of aliphatic hydroxyl groups excluding tert-OH is 1. The molecule has 1 aromatic carbocycles. The molecule has 0 saturated carbocycles. The van der Waals surface area contributed by atoms with E-state index in [9.17, 15) is 5.11 Å². The Labute approximate surface area is 113 Å². The Kier molecular flexibility index (Phi) is 4.32. The van der Waals surface area contributed by atoms with Gasteiger partial charge >= 0.3 is 0 Å². The van der Waals surface area contributed by atoms with Gasteiger partial charge in [-0.25, -0.2) is 9.97 Å². The van der Waals surface area contributed by atoms with Gasteiger partial charge in [0.2, 0.25) is 5.95 Å². The minimum atomic E-state index is -0.0883. The molecular formula is C15H21N3O. The number of nitrogens with zero attached hydrogens (tertiary/aromatic N) is 2. The second-order valence-electron chi connectivity index (χ2n) is 4.97. The number of rotatable bonds is 6. The van der Waals surface area contributed by atoms with Crippen molar-refractivity contribution >= 4 is 16.9 Å². The molecule has 0 aliphatic rings. The summed E-state index contributed by atoms with van der Waals surface area (Å²) in [5, 5.41) is 13.8. The predicted molar refractivity (Wildman–Crippen MR) is 78.1 cm³/mol. The minimum Gasteiger partial charge on any atom is -0.396 e. The van der Waals surface area contributed by atoms with Crippen LogP contribution in [0.1, 0.15) is 26.7 Å². The van der Waals surface area contributed by atoms with Crippen LogP contribution < -0.4 is 5.32 Å². The molecule has 4 heteroatoms. The van der Waals surface area contributed by atoms with E-state index in [-0.39, 0.29) is 12.0 Å². The van der Waals surface area contributed by atoms with Gasteiger partial charge in [0.15, 0.2) is 0 Å². The molecule has 2 N–H and O–H groups in total. The predicted octanol–water partition coefficient (Wildman–Crippen LogP) is 2.84. The van der Waals surface area contributed by atoms with Gasteiger partial charge in [-0.2, -0.15) is 0 Å². The van der Waals surface area contributed by atoms with Crippen LogP contribution in [0.5, 0.6) is 0 Å². The van der Waals surface area contributed by atoms with Gasteiger partial charge < -0.3 is 10.4 Å². The van der Waals surface area contributed by atoms with Crippen LogP contribution in [0.15, 0.2) is 30.5 Å². The lowest BCUT2D eigenvalue weighted by Gasteiger charge is -2.29. The molecule has 4 nitrogen and oxygen atoms in total. The fraction of sp³-hybridized carbons (Fsp3) is 0.467. The third kappa shape index (κ3) is 3.01. The monoisotopic (exact) mass is 259 g/mol. The quantitative estimate of drug-likeness (QED) is 0.837. The van der Waals surface area contributed by atoms with Gasteiger partial charge in [0.05, 0.1) is 12.1 Å². The van der Waals surface area contributed by atoms with E-state index >= 15 is 0 Å². The van der Waals surface area contributed by atoms with Crippen molar-refractivity contribution in [2.24, 2.45) is 5.41 Å². The van der Waals surface area contributed by atoms with Crippen molar-refractivity contribution in [3.8, 4) is 0 Å². The molecule has 0 aliphatic heterocycles. The maximum Gasteiger partial charge on any atom is 0.223 e. The largest absolute Gasteiger partial charge is 0.396 e. The van der Waals surface area contributed by atoms with E-state index in [4.69, 9.17) is 0 Å². The summed E-state index contributed by atoms with van der Waals surface area (Å²) in [4.78, 5) is 8.79. The lowest BCUT2D eigenvalue weighted by atomic mass is 9.83. The maximum absolute atomic E-state index is 9.55. The third-order valence-electron chi connectivity index (χ3n) is 3.95. The minimum absolute atomic E-state index is 0.0883. The van der Waals surface area contributed by atoms with Crippen LogP contribution >= 0.6 is 0 Å². The number of hydrogen-bond acceptors (Lipinski definition) is 4. The summed E-state index contributed by atoms with van der Waals surface area (Å²) in [6.07, 6.45) is 3.68. The summed E-state index contributed by atoms with van der Waals surface area (Å²) in [5.41, 5.74) is 0.845. The van der Waals surface area contributed by atoms with Crippen molar-refractivity contribution in [1.82, 2.24) is 9.97 Å². The summed E-state index contributed by atoms with van der Waals surface area (Å²) in [7, 11) is 0. The number of nitrogens with one attached hydrogen (secondary N) is 1. The number of fused-ring (bicyclic) bond motifs is 1. The SMILES string of the molecule is CCC(CC)(CO)CNc1ncc2ccccc2n1. The zero-order valence-electron chi connectivity index (χ0n) is 11.6. The topological polar surface area (TPSA) is 58.0 Å². The highest BCUT2D eigenvalue weighted by atomic mass is 16.3. The first kappa shape index (κ1) is 13.7. The highest BCUT2D eigenvalue weighted by molar-refractivity contribution is 5.78. The lowest BCUT2D eigenvalue weighted by molar-refractivity contribution is 0.127. The first-order chi connectivity index (χ1) is 9.23. The highest BCUT2D eigenvalue weighted by Crippen LogP contribution is 2.25. The van der Waals surface area contributed by atoms with E-state index < -0.39 is 0 Å². The molecule has 0 spiro atoms. The summed E-state index contributed by atoms with van der Waals surface area (Å²) < 4.78 is 0. The average molecular weight is 259 g/mol. The van der Waals surface area contributed by atoms with E-state index in [2.05, 4.69) is 29.1 Å². The van der Waals surface area contributed by atoms with Gasteiger partial charge in [-0.3, -0.25) is 0 Å². The molecule has 1 aromatic heterocycles. The number of benzene rings is 1. The van der Waals surface area contributed by atoms with Crippen molar-refractivity contribution in [2.45, 2.75) is 26.7 Å². The van der Waals surface area contributed by atoms with Crippen LogP contribution in [-0.4, -0.2) is 28.2 Å². The van der Waals surface area contributed by atoms with E-state index in [1.54, 1.807) is 0 Å². The molecule has 0 atom stereocenters. The number of para-hydroxylation sites is 1. The molecule has 0 saturated heterocycles. The summed E-state index contributed by atoms with van der Waals surface area (Å²) in [6, 6.07) is 7.91. The summed E-state index contributed by atoms with van der Waals surface area (Å²) in [5.74, 6) is 0.624. The molecule has 0 bridgehead atoms. The van der Waals surface area contributed by atoms with Crippen LogP contribution in [0.3, 0.4) is 0 Å². The van der Waals surface area contributed by atoms with E-state index in [1.165, 1.54) is 0 Å². The fourth-order valence-corrected chi connectivity index (χ4v) is 2.10. The molecule has 0 unspecified atom stereocenters. The second kappa shape index (κ2) is 5.97. The van der Waals surface area contributed by atoms with Gasteiger partial charge in [-0.1, -0.05) is 32.0 Å². The van der Waals surface area contributed by atoms with Gasteiger partial charge in [0.25, 0.3) is 0 Å². The highest BCUT2D eigenvalue weighted by Gasteiger charge is 2.25. The zero-order chi connectivity index (χ0) is 13.7. The van der Waals surface area contributed by atoms with Crippen LogP contribution in [0, 0.1) is 5.41 Å². The Morgan fingerprint density at radius 2 is 1.95 bits per heavy atom. The third-order valence-corrected chi connectivity index (χ3v) is 3.95. The first-order valence-electron chi connectivity index (χ1n) is 6.79. The van der Waals surface area contributed by atoms with Gasteiger partial charge in [0.1, 0.15) is 0 Å². The molecule has 102 valence electrons. The van der Waals surface area contributed by atoms with Crippen LogP contribution in [0.25, 0.3) is 10.9 Å². The molecule has 0 amide bonds. The Balaban J connectivity index is 2.13. The standard InChI is InChI=1S/C15H21N3O/c1-3-15(4-2,11-19)10-17-14-16-9-12-7-5-6-8-13(12)18-14/h5-9,19H,3-4,10-11H2,1-2H3,(H,16,17,18). The molecule has 0 aliphatic carbocycles. The van der Waals surface area contributed by atoms with E-state index in [0.717, 1.165) is 23.7 Å². The Morgan fingerprint density at radius 1 is 1.21 bits per heavy atom. The molecule has 2 rings (SSSR count). The number of aromatic nitrogens is 2. The molecule has 0 radical (unpaired) electrons. The van der Waals surface area contributed by atoms with Gasteiger partial charge in [0, 0.05) is 23.5 Å². The Bertz CT molecular complexity index is 529. The van der Waals surface area contributed by atoms with Gasteiger partial charge in [-0.15, -0.1) is 0 Å². The summed E-state index contributed by atoms with van der Waals surface area (Å²) >= 11 is 0. The second-order valence-corrected chi connectivity index (χ2v) is 4.97. The fourth-order valence-electron chi connectivity index (χ4n) is 2.10. The first-order valence-corrected chi connectivity index (χ1v) is 6.79. The lowest BCUT2D eigenvalue weighted by Crippen LogP contribution is -2.32. The molecule has 19 heavy (non-hydrogen) atoms. The number of hydrogen-bond donors (Lipinski definition) is 2. The molecule has 1 heterocycles. The number of aliphatic hydroxyl groups is 1. The van der Waals surface area contributed by atoms with E-state index in [0.29, 0.717) is 12.5 Å². The molecule has 0 fully saturated rings. The normalized spacial score (nSPS) is 11.7. The van der Waals surface area contributed by atoms with Crippen molar-refractivity contribution in [3.63, 3.8) is 0 Å². The summed E-state index contributed by atoms with van der Waals surface area (Å²) in [6.45, 7) is 5.07. The smallest absolute Gasteiger partial charge is 0.223 e. The van der Waals surface area contributed by atoms with Crippen LogP contribution in [0.2, 0.25) is 0 Å². The zero-order valence-corrected chi connectivity index (χ0v) is 11.6. The van der Waals surface area contributed by atoms with Crippen LogP contribution in [0.4, 0.5) is 5.95 Å². The van der Waals surface area contributed by atoms with E-state index in [1.807, 2.05) is 30.5 Å². The van der Waals surface area contributed by atoms with Crippen molar-refractivity contribution in [2.75, 3.05) is 18.5 Å². The van der Waals surface area contributed by atoms with Gasteiger partial charge in [-0.05, 0) is 18.9 Å². The maximum atomic E-state index is 9.55. The number of anilines is 1.